The minimum atomic E-state index is -0.227. The van der Waals surface area contributed by atoms with Gasteiger partial charge < -0.3 is 9.47 Å². The molecule has 2 aliphatic rings. The van der Waals surface area contributed by atoms with E-state index in [4.69, 9.17) is 9.47 Å². The van der Waals surface area contributed by atoms with Crippen LogP contribution in [0.1, 0.15) is 73.1 Å². The molecule has 0 bridgehead atoms. The minimum Gasteiger partial charge on any atom is -0.466 e. The molecule has 152 valence electrons. The summed E-state index contributed by atoms with van der Waals surface area (Å²) in [6.45, 7) is 11.1. The summed E-state index contributed by atoms with van der Waals surface area (Å²) in [6, 6.07) is 0. The molecule has 27 heavy (non-hydrogen) atoms. The zero-order chi connectivity index (χ0) is 20.2. The van der Waals surface area contributed by atoms with Gasteiger partial charge in [-0.15, -0.1) is 0 Å². The molecule has 1 saturated carbocycles. The third kappa shape index (κ3) is 4.83. The lowest BCUT2D eigenvalue weighted by Gasteiger charge is -2.53. The number of esters is 2. The molecule has 0 unspecified atom stereocenters. The number of allylic oxidation sites excluding steroid dienone is 2. The van der Waals surface area contributed by atoms with Gasteiger partial charge in [0.2, 0.25) is 0 Å². The molecule has 2 aliphatic carbocycles. The number of fused-ring (bicyclic) bond motifs is 1. The topological polar surface area (TPSA) is 52.6 Å². The summed E-state index contributed by atoms with van der Waals surface area (Å²) < 4.78 is 10.2. The molecular weight excluding hydrogens is 340 g/mol. The summed E-state index contributed by atoms with van der Waals surface area (Å²) in [7, 11) is 1.46. The van der Waals surface area contributed by atoms with Gasteiger partial charge in [-0.05, 0) is 60.3 Å². The second kappa shape index (κ2) is 8.62. The van der Waals surface area contributed by atoms with E-state index in [1.807, 2.05) is 6.08 Å². The molecule has 0 amide bonds. The van der Waals surface area contributed by atoms with Crippen molar-refractivity contribution >= 4 is 11.9 Å². The Balaban J connectivity index is 2.21. The van der Waals surface area contributed by atoms with Crippen LogP contribution in [0.15, 0.2) is 23.3 Å². The first-order valence-electron chi connectivity index (χ1n) is 10.3. The Hall–Kier alpha value is -1.58. The van der Waals surface area contributed by atoms with Gasteiger partial charge in [-0.25, -0.2) is 4.79 Å². The van der Waals surface area contributed by atoms with E-state index in [9.17, 15) is 9.59 Å². The third-order valence-corrected chi connectivity index (χ3v) is 6.72. The molecule has 3 atom stereocenters. The van der Waals surface area contributed by atoms with E-state index in [1.165, 1.54) is 32.4 Å². The van der Waals surface area contributed by atoms with Gasteiger partial charge in [0.15, 0.2) is 0 Å². The van der Waals surface area contributed by atoms with Crippen LogP contribution < -0.4 is 0 Å². The maximum atomic E-state index is 12.5. The first-order chi connectivity index (χ1) is 12.6. The standard InChI is InChI=1S/C23H36O4/c1-16(12-15-27-17(2)24)8-10-19-18(21(25)26-6)9-11-20-22(3,4)13-7-14-23(19,20)5/h9,11,16,20H,7-8,10,12-15H2,1-6H3/t16-,20-,23+/m0/s1. The molecular formula is C23H36O4. The Kier molecular flexibility index (Phi) is 6.93. The highest BCUT2D eigenvalue weighted by Gasteiger charge is 2.49. The molecule has 0 radical (unpaired) electrons. The molecule has 0 saturated heterocycles. The first-order valence-corrected chi connectivity index (χ1v) is 10.3. The molecule has 0 aromatic carbocycles. The van der Waals surface area contributed by atoms with E-state index in [-0.39, 0.29) is 22.8 Å². The van der Waals surface area contributed by atoms with Gasteiger partial charge in [-0.1, -0.05) is 46.3 Å². The molecule has 4 nitrogen and oxygen atoms in total. The fourth-order valence-electron chi connectivity index (χ4n) is 5.16. The summed E-state index contributed by atoms with van der Waals surface area (Å²) >= 11 is 0. The fraction of sp³-hybridized carbons (Fsp3) is 0.739. The number of carbonyl (C=O) groups is 2. The van der Waals surface area contributed by atoms with E-state index in [0.29, 0.717) is 18.4 Å². The summed E-state index contributed by atoms with van der Waals surface area (Å²) in [6.07, 6.45) is 10.5. The first kappa shape index (κ1) is 21.7. The van der Waals surface area contributed by atoms with Crippen molar-refractivity contribution in [2.45, 2.75) is 73.1 Å². The van der Waals surface area contributed by atoms with Crippen molar-refractivity contribution in [2.24, 2.45) is 22.7 Å². The van der Waals surface area contributed by atoms with Crippen molar-refractivity contribution in [3.63, 3.8) is 0 Å². The van der Waals surface area contributed by atoms with Crippen molar-refractivity contribution in [2.75, 3.05) is 13.7 Å². The van der Waals surface area contributed by atoms with Crippen LogP contribution in [-0.2, 0) is 19.1 Å². The lowest BCUT2D eigenvalue weighted by atomic mass is 9.51. The van der Waals surface area contributed by atoms with Crippen LogP contribution in [0.4, 0.5) is 0 Å². The minimum absolute atomic E-state index is 0.00955. The van der Waals surface area contributed by atoms with E-state index < -0.39 is 0 Å². The zero-order valence-corrected chi connectivity index (χ0v) is 17.9. The number of methoxy groups -OCH3 is 1. The number of carbonyl (C=O) groups excluding carboxylic acids is 2. The van der Waals surface area contributed by atoms with Crippen LogP contribution in [0.3, 0.4) is 0 Å². The zero-order valence-electron chi connectivity index (χ0n) is 17.9. The SMILES string of the molecule is COC(=O)C1=C(CC[C@H](C)CCOC(C)=O)[C@@]2(C)CCCC(C)(C)[C@@H]2C=C1. The summed E-state index contributed by atoms with van der Waals surface area (Å²) in [5.74, 6) is 0.422. The number of hydrogen-bond donors (Lipinski definition) is 0. The van der Waals surface area contributed by atoms with Gasteiger partial charge in [-0.2, -0.15) is 0 Å². The van der Waals surface area contributed by atoms with E-state index >= 15 is 0 Å². The highest BCUT2D eigenvalue weighted by molar-refractivity contribution is 5.93. The lowest BCUT2D eigenvalue weighted by Crippen LogP contribution is -2.44. The molecule has 0 spiro atoms. The van der Waals surface area contributed by atoms with Gasteiger partial charge in [0.1, 0.15) is 0 Å². The van der Waals surface area contributed by atoms with Crippen LogP contribution in [0.2, 0.25) is 0 Å². The predicted molar refractivity (Wildman–Crippen MR) is 107 cm³/mol. The second-order valence-corrected chi connectivity index (χ2v) is 9.25. The quantitative estimate of drug-likeness (QED) is 0.571. The summed E-state index contributed by atoms with van der Waals surface area (Å²) in [5, 5.41) is 0. The number of ether oxygens (including phenoxy) is 2. The fourth-order valence-corrected chi connectivity index (χ4v) is 5.16. The molecule has 1 fully saturated rings. The maximum absolute atomic E-state index is 12.5. The van der Waals surface area contributed by atoms with Crippen molar-refractivity contribution in [3.05, 3.63) is 23.3 Å². The highest BCUT2D eigenvalue weighted by Crippen LogP contribution is 2.58. The molecule has 0 aromatic heterocycles. The van der Waals surface area contributed by atoms with Crippen molar-refractivity contribution < 1.29 is 19.1 Å². The molecule has 4 heteroatoms. The second-order valence-electron chi connectivity index (χ2n) is 9.25. The summed E-state index contributed by atoms with van der Waals surface area (Å²) in [4.78, 5) is 23.4. The van der Waals surface area contributed by atoms with Gasteiger partial charge in [0, 0.05) is 6.92 Å². The Morgan fingerprint density at radius 3 is 2.56 bits per heavy atom. The Labute approximate surface area is 164 Å². The largest absolute Gasteiger partial charge is 0.466 e. The van der Waals surface area contributed by atoms with Crippen LogP contribution in [0.25, 0.3) is 0 Å². The van der Waals surface area contributed by atoms with E-state index in [2.05, 4.69) is 33.8 Å². The highest BCUT2D eigenvalue weighted by atomic mass is 16.5. The van der Waals surface area contributed by atoms with E-state index in [1.54, 1.807) is 0 Å². The monoisotopic (exact) mass is 376 g/mol. The Bertz CT molecular complexity index is 628. The van der Waals surface area contributed by atoms with Crippen molar-refractivity contribution in [3.8, 4) is 0 Å². The summed E-state index contributed by atoms with van der Waals surface area (Å²) in [5.41, 5.74) is 2.25. The average Bonchev–Trinajstić information content (AvgIpc) is 2.58. The Morgan fingerprint density at radius 1 is 1.22 bits per heavy atom. The average molecular weight is 377 g/mol. The molecule has 2 rings (SSSR count). The third-order valence-electron chi connectivity index (χ3n) is 6.72. The molecule has 0 N–H and O–H groups in total. The Morgan fingerprint density at radius 2 is 1.93 bits per heavy atom. The van der Waals surface area contributed by atoms with Crippen LogP contribution in [0, 0.1) is 22.7 Å². The van der Waals surface area contributed by atoms with Crippen LogP contribution >= 0.6 is 0 Å². The van der Waals surface area contributed by atoms with Crippen LogP contribution in [-0.4, -0.2) is 25.7 Å². The van der Waals surface area contributed by atoms with Gasteiger partial charge in [-0.3, -0.25) is 4.79 Å². The predicted octanol–water partition coefficient (Wildman–Crippen LogP) is 5.23. The van der Waals surface area contributed by atoms with Gasteiger partial charge in [0.05, 0.1) is 19.3 Å². The van der Waals surface area contributed by atoms with Gasteiger partial charge >= 0.3 is 11.9 Å². The maximum Gasteiger partial charge on any atom is 0.337 e. The van der Waals surface area contributed by atoms with Gasteiger partial charge in [0.25, 0.3) is 0 Å². The lowest BCUT2D eigenvalue weighted by molar-refractivity contribution is -0.141. The van der Waals surface area contributed by atoms with Crippen LogP contribution in [0.5, 0.6) is 0 Å². The molecule has 0 heterocycles. The smallest absolute Gasteiger partial charge is 0.337 e. The number of hydrogen-bond acceptors (Lipinski definition) is 4. The van der Waals surface area contributed by atoms with Crippen molar-refractivity contribution in [1.82, 2.24) is 0 Å². The van der Waals surface area contributed by atoms with Crippen molar-refractivity contribution in [1.29, 1.82) is 0 Å². The molecule has 0 aromatic rings. The van der Waals surface area contributed by atoms with E-state index in [0.717, 1.165) is 31.3 Å². The number of rotatable bonds is 7. The molecule has 0 aliphatic heterocycles. The normalized spacial score (nSPS) is 27.7.